The van der Waals surface area contributed by atoms with Crippen LogP contribution in [0.5, 0.6) is 0 Å². The third-order valence-electron chi connectivity index (χ3n) is 2.27. The van der Waals surface area contributed by atoms with Gasteiger partial charge in [-0.15, -0.1) is 11.8 Å². The lowest BCUT2D eigenvalue weighted by Gasteiger charge is -1.99. The fourth-order valence-corrected chi connectivity index (χ4v) is 2.34. The molecule has 0 aliphatic heterocycles. The van der Waals surface area contributed by atoms with Crippen molar-refractivity contribution in [3.05, 3.63) is 41.5 Å². The zero-order valence-corrected chi connectivity index (χ0v) is 11.2. The average Bonchev–Trinajstić information content (AvgIpc) is 2.73. The summed E-state index contributed by atoms with van der Waals surface area (Å²) < 4.78 is 4.99. The van der Waals surface area contributed by atoms with Crippen molar-refractivity contribution < 1.29 is 9.32 Å². The van der Waals surface area contributed by atoms with E-state index < -0.39 is 0 Å². The second kappa shape index (κ2) is 5.82. The lowest BCUT2D eigenvalue weighted by molar-refractivity contribution is -0.116. The summed E-state index contributed by atoms with van der Waals surface area (Å²) in [5.41, 5.74) is 1.23. The zero-order valence-electron chi connectivity index (χ0n) is 10.3. The molecule has 5 heteroatoms. The largest absolute Gasteiger partial charge is 0.339 e. The van der Waals surface area contributed by atoms with Gasteiger partial charge in [-0.1, -0.05) is 22.9 Å². The van der Waals surface area contributed by atoms with Crippen LogP contribution in [0.25, 0.3) is 0 Å². The molecule has 0 saturated heterocycles. The summed E-state index contributed by atoms with van der Waals surface area (Å²) in [6, 6.07) is 8.24. The standard InChI is InChI=1S/C13H14N2O2S/c1-9-4-3-5-11(6-9)18-8-12-14-13(17-15-12)7-10(2)16/h3-6H,7-8H2,1-2H3. The monoisotopic (exact) mass is 262 g/mol. The number of ketones is 1. The zero-order chi connectivity index (χ0) is 13.0. The minimum Gasteiger partial charge on any atom is -0.339 e. The summed E-state index contributed by atoms with van der Waals surface area (Å²) in [6.45, 7) is 3.56. The number of aryl methyl sites for hydroxylation is 1. The van der Waals surface area contributed by atoms with E-state index in [9.17, 15) is 4.79 Å². The van der Waals surface area contributed by atoms with Crippen molar-refractivity contribution >= 4 is 17.5 Å². The topological polar surface area (TPSA) is 56.0 Å². The van der Waals surface area contributed by atoms with E-state index in [1.807, 2.05) is 12.1 Å². The molecule has 0 bridgehead atoms. The van der Waals surface area contributed by atoms with Crippen LogP contribution in [0.2, 0.25) is 0 Å². The number of thioether (sulfide) groups is 1. The maximum absolute atomic E-state index is 10.9. The quantitative estimate of drug-likeness (QED) is 0.775. The van der Waals surface area contributed by atoms with Gasteiger partial charge in [0.05, 0.1) is 12.2 Å². The Morgan fingerprint density at radius 2 is 2.28 bits per heavy atom. The number of carbonyl (C=O) groups is 1. The smallest absolute Gasteiger partial charge is 0.234 e. The van der Waals surface area contributed by atoms with Crippen molar-refractivity contribution in [2.45, 2.75) is 30.9 Å². The summed E-state index contributed by atoms with van der Waals surface area (Å²) in [7, 11) is 0. The van der Waals surface area contributed by atoms with Gasteiger partial charge in [0.2, 0.25) is 5.89 Å². The van der Waals surface area contributed by atoms with Gasteiger partial charge in [0.1, 0.15) is 5.78 Å². The van der Waals surface area contributed by atoms with Crippen molar-refractivity contribution in [2.24, 2.45) is 0 Å². The molecule has 1 heterocycles. The second-order valence-electron chi connectivity index (χ2n) is 4.09. The highest BCUT2D eigenvalue weighted by atomic mass is 32.2. The fraction of sp³-hybridized carbons (Fsp3) is 0.308. The molecule has 4 nitrogen and oxygen atoms in total. The molecule has 0 aliphatic carbocycles. The molecule has 1 aromatic carbocycles. The Kier molecular flexibility index (Phi) is 4.15. The van der Waals surface area contributed by atoms with E-state index in [4.69, 9.17) is 4.52 Å². The molecule has 0 atom stereocenters. The molecule has 0 fully saturated rings. The molecule has 0 aliphatic rings. The first-order chi connectivity index (χ1) is 8.63. The molecule has 0 unspecified atom stereocenters. The van der Waals surface area contributed by atoms with Crippen LogP contribution in [0.4, 0.5) is 0 Å². The third kappa shape index (κ3) is 3.70. The van der Waals surface area contributed by atoms with Crippen LogP contribution in [0.15, 0.2) is 33.7 Å². The number of carbonyl (C=O) groups excluding carboxylic acids is 1. The van der Waals surface area contributed by atoms with Gasteiger partial charge in [-0.3, -0.25) is 4.79 Å². The number of hydrogen-bond donors (Lipinski definition) is 0. The Morgan fingerprint density at radius 1 is 1.44 bits per heavy atom. The van der Waals surface area contributed by atoms with E-state index in [-0.39, 0.29) is 12.2 Å². The predicted molar refractivity (Wildman–Crippen MR) is 69.4 cm³/mol. The van der Waals surface area contributed by atoms with Crippen LogP contribution >= 0.6 is 11.8 Å². The van der Waals surface area contributed by atoms with Gasteiger partial charge in [-0.2, -0.15) is 4.98 Å². The molecule has 2 aromatic rings. The van der Waals surface area contributed by atoms with Gasteiger partial charge < -0.3 is 4.52 Å². The molecule has 94 valence electrons. The van der Waals surface area contributed by atoms with Crippen LogP contribution in [-0.2, 0) is 17.0 Å². The van der Waals surface area contributed by atoms with Crippen LogP contribution < -0.4 is 0 Å². The number of benzene rings is 1. The summed E-state index contributed by atoms with van der Waals surface area (Å²) in [5.74, 6) is 1.68. The summed E-state index contributed by atoms with van der Waals surface area (Å²) >= 11 is 1.65. The van der Waals surface area contributed by atoms with Crippen molar-refractivity contribution in [3.63, 3.8) is 0 Å². The fourth-order valence-electron chi connectivity index (χ4n) is 1.49. The van der Waals surface area contributed by atoms with Crippen LogP contribution in [-0.4, -0.2) is 15.9 Å². The molecular formula is C13H14N2O2S. The SMILES string of the molecule is CC(=O)Cc1nc(CSc2cccc(C)c2)no1. The number of nitrogens with zero attached hydrogens (tertiary/aromatic N) is 2. The van der Waals surface area contributed by atoms with Gasteiger partial charge in [0.25, 0.3) is 0 Å². The Bertz CT molecular complexity index is 551. The van der Waals surface area contributed by atoms with E-state index in [1.165, 1.54) is 17.4 Å². The lowest BCUT2D eigenvalue weighted by atomic mass is 10.2. The van der Waals surface area contributed by atoms with Gasteiger partial charge in [-0.25, -0.2) is 0 Å². The molecule has 0 amide bonds. The molecule has 1 aromatic heterocycles. The minimum absolute atomic E-state index is 0.0246. The Labute approximate surface area is 110 Å². The Balaban J connectivity index is 1.94. The first kappa shape index (κ1) is 12.8. The number of hydrogen-bond acceptors (Lipinski definition) is 5. The van der Waals surface area contributed by atoms with E-state index in [1.54, 1.807) is 11.8 Å². The highest BCUT2D eigenvalue weighted by molar-refractivity contribution is 7.98. The van der Waals surface area contributed by atoms with Crippen molar-refractivity contribution in [2.75, 3.05) is 0 Å². The highest BCUT2D eigenvalue weighted by Crippen LogP contribution is 2.22. The molecule has 0 radical (unpaired) electrons. The van der Waals surface area contributed by atoms with Crippen molar-refractivity contribution in [1.82, 2.24) is 10.1 Å². The number of rotatable bonds is 5. The van der Waals surface area contributed by atoms with Gasteiger partial charge in [0.15, 0.2) is 5.82 Å². The van der Waals surface area contributed by atoms with Gasteiger partial charge in [0, 0.05) is 4.90 Å². The first-order valence-electron chi connectivity index (χ1n) is 5.64. The predicted octanol–water partition coefficient (Wildman–Crippen LogP) is 2.80. The molecular weight excluding hydrogens is 248 g/mol. The minimum atomic E-state index is 0.0246. The number of Topliss-reactive ketones (excluding diaryl/α,β-unsaturated/α-hetero) is 1. The maximum Gasteiger partial charge on any atom is 0.234 e. The molecule has 2 rings (SSSR count). The van der Waals surface area contributed by atoms with Gasteiger partial charge in [-0.05, 0) is 26.0 Å². The molecule has 0 spiro atoms. The maximum atomic E-state index is 10.9. The van der Waals surface area contributed by atoms with E-state index in [2.05, 4.69) is 29.2 Å². The van der Waals surface area contributed by atoms with Gasteiger partial charge >= 0.3 is 0 Å². The molecule has 18 heavy (non-hydrogen) atoms. The third-order valence-corrected chi connectivity index (χ3v) is 3.26. The molecule has 0 saturated carbocycles. The Morgan fingerprint density at radius 3 is 3.00 bits per heavy atom. The van der Waals surface area contributed by atoms with E-state index >= 15 is 0 Å². The summed E-state index contributed by atoms with van der Waals surface area (Å²) in [6.07, 6.45) is 0.210. The van der Waals surface area contributed by atoms with Crippen molar-refractivity contribution in [1.29, 1.82) is 0 Å². The lowest BCUT2D eigenvalue weighted by Crippen LogP contribution is -1.96. The first-order valence-corrected chi connectivity index (χ1v) is 6.62. The molecule has 0 N–H and O–H groups in total. The Hall–Kier alpha value is -1.62. The highest BCUT2D eigenvalue weighted by Gasteiger charge is 2.08. The normalized spacial score (nSPS) is 10.6. The van der Waals surface area contributed by atoms with E-state index in [0.717, 1.165) is 0 Å². The van der Waals surface area contributed by atoms with Crippen LogP contribution in [0.1, 0.15) is 24.2 Å². The van der Waals surface area contributed by atoms with E-state index in [0.29, 0.717) is 17.5 Å². The average molecular weight is 262 g/mol. The summed E-state index contributed by atoms with van der Waals surface area (Å²) in [5, 5.41) is 3.85. The summed E-state index contributed by atoms with van der Waals surface area (Å²) in [4.78, 5) is 16.2. The van der Waals surface area contributed by atoms with Crippen LogP contribution in [0.3, 0.4) is 0 Å². The van der Waals surface area contributed by atoms with Crippen molar-refractivity contribution in [3.8, 4) is 0 Å². The number of aromatic nitrogens is 2. The second-order valence-corrected chi connectivity index (χ2v) is 5.14. The van der Waals surface area contributed by atoms with Crippen LogP contribution in [0, 0.1) is 6.92 Å².